The molecule has 2 aromatic rings. The molecule has 21 heavy (non-hydrogen) atoms. The van der Waals surface area contributed by atoms with Crippen LogP contribution in [-0.4, -0.2) is 23.2 Å². The first-order valence-electron chi connectivity index (χ1n) is 6.80. The third-order valence-corrected chi connectivity index (χ3v) is 4.23. The van der Waals surface area contributed by atoms with E-state index in [1.54, 1.807) is 12.4 Å². The van der Waals surface area contributed by atoms with E-state index in [2.05, 4.69) is 29.4 Å². The van der Waals surface area contributed by atoms with E-state index in [1.165, 1.54) is 17.3 Å². The van der Waals surface area contributed by atoms with Crippen molar-refractivity contribution in [3.63, 3.8) is 0 Å². The fourth-order valence-electron chi connectivity index (χ4n) is 1.89. The number of benzene rings is 1. The van der Waals surface area contributed by atoms with Crippen LogP contribution in [0.2, 0.25) is 0 Å². The van der Waals surface area contributed by atoms with Gasteiger partial charge in [-0.25, -0.2) is 0 Å². The van der Waals surface area contributed by atoms with E-state index < -0.39 is 0 Å². The highest BCUT2D eigenvalue weighted by Crippen LogP contribution is 2.23. The first-order chi connectivity index (χ1) is 10.2. The molecule has 0 saturated heterocycles. The van der Waals surface area contributed by atoms with Crippen LogP contribution >= 0.6 is 11.8 Å². The summed E-state index contributed by atoms with van der Waals surface area (Å²) in [5.74, 6) is 0.667. The highest BCUT2D eigenvalue weighted by molar-refractivity contribution is 8.00. The number of rotatable bonds is 6. The van der Waals surface area contributed by atoms with Crippen molar-refractivity contribution < 1.29 is 4.79 Å². The standard InChI is InChI=1S/C16H19N3OS/c1-12(13-5-3-2-4-6-13)9-19-16(20)11-21-15-7-8-18-10-14(15)17/h2-8,10,12H,9,11,17H2,1H3,(H,19,20). The molecule has 0 aliphatic rings. The second kappa shape index (κ2) is 7.69. The number of nitrogen functional groups attached to an aromatic ring is 1. The minimum atomic E-state index is 0.0130. The summed E-state index contributed by atoms with van der Waals surface area (Å²) in [6.07, 6.45) is 3.27. The van der Waals surface area contributed by atoms with Crippen molar-refractivity contribution in [1.29, 1.82) is 0 Å². The summed E-state index contributed by atoms with van der Waals surface area (Å²) in [7, 11) is 0. The summed E-state index contributed by atoms with van der Waals surface area (Å²) in [6.45, 7) is 2.73. The van der Waals surface area contributed by atoms with Crippen molar-refractivity contribution >= 4 is 23.4 Å². The second-order valence-corrected chi connectivity index (χ2v) is 5.84. The number of hydrogen-bond acceptors (Lipinski definition) is 4. The third-order valence-electron chi connectivity index (χ3n) is 3.14. The van der Waals surface area contributed by atoms with Crippen LogP contribution in [0.3, 0.4) is 0 Å². The van der Waals surface area contributed by atoms with Crippen molar-refractivity contribution in [2.45, 2.75) is 17.7 Å². The number of hydrogen-bond donors (Lipinski definition) is 2. The maximum atomic E-state index is 11.9. The molecule has 0 aliphatic heterocycles. The monoisotopic (exact) mass is 301 g/mol. The summed E-state index contributed by atoms with van der Waals surface area (Å²) in [5, 5.41) is 2.95. The largest absolute Gasteiger partial charge is 0.397 e. The van der Waals surface area contributed by atoms with Gasteiger partial charge in [-0.2, -0.15) is 0 Å². The Morgan fingerprint density at radius 3 is 2.81 bits per heavy atom. The van der Waals surface area contributed by atoms with Crippen LogP contribution in [0.4, 0.5) is 5.69 Å². The third kappa shape index (κ3) is 4.79. The molecule has 1 heterocycles. The number of nitrogens with one attached hydrogen (secondary N) is 1. The molecule has 110 valence electrons. The van der Waals surface area contributed by atoms with E-state index in [1.807, 2.05) is 24.3 Å². The molecule has 0 spiro atoms. The van der Waals surface area contributed by atoms with E-state index in [4.69, 9.17) is 5.73 Å². The Morgan fingerprint density at radius 1 is 1.33 bits per heavy atom. The highest BCUT2D eigenvalue weighted by atomic mass is 32.2. The Labute approximate surface area is 129 Å². The molecule has 0 radical (unpaired) electrons. The number of nitrogens with two attached hydrogens (primary N) is 1. The lowest BCUT2D eigenvalue weighted by Crippen LogP contribution is -2.29. The quantitative estimate of drug-likeness (QED) is 0.805. The van der Waals surface area contributed by atoms with E-state index in [0.29, 0.717) is 23.9 Å². The Morgan fingerprint density at radius 2 is 2.10 bits per heavy atom. The number of amides is 1. The van der Waals surface area contributed by atoms with Gasteiger partial charge in [0, 0.05) is 17.6 Å². The zero-order valence-electron chi connectivity index (χ0n) is 12.0. The Hall–Kier alpha value is -2.01. The molecule has 1 unspecified atom stereocenters. The van der Waals surface area contributed by atoms with Crippen LogP contribution in [0.1, 0.15) is 18.4 Å². The van der Waals surface area contributed by atoms with Crippen molar-refractivity contribution in [3.8, 4) is 0 Å². The van der Waals surface area contributed by atoms with Gasteiger partial charge in [0.05, 0.1) is 17.6 Å². The van der Waals surface area contributed by atoms with Crippen LogP contribution in [0, 0.1) is 0 Å². The fourth-order valence-corrected chi connectivity index (χ4v) is 2.65. The van der Waals surface area contributed by atoms with Gasteiger partial charge < -0.3 is 11.1 Å². The van der Waals surface area contributed by atoms with Gasteiger partial charge in [0.25, 0.3) is 0 Å². The van der Waals surface area contributed by atoms with Crippen LogP contribution in [0.25, 0.3) is 0 Å². The molecular weight excluding hydrogens is 282 g/mol. The maximum Gasteiger partial charge on any atom is 0.230 e. The summed E-state index contributed by atoms with van der Waals surface area (Å²) in [4.78, 5) is 16.7. The highest BCUT2D eigenvalue weighted by Gasteiger charge is 2.08. The molecule has 0 fully saturated rings. The lowest BCUT2D eigenvalue weighted by atomic mass is 10.0. The number of anilines is 1. The first kappa shape index (κ1) is 15.4. The zero-order chi connectivity index (χ0) is 15.1. The van der Waals surface area contributed by atoms with Gasteiger partial charge >= 0.3 is 0 Å². The van der Waals surface area contributed by atoms with Crippen molar-refractivity contribution in [1.82, 2.24) is 10.3 Å². The van der Waals surface area contributed by atoms with E-state index >= 15 is 0 Å². The Bertz CT molecular complexity index is 589. The summed E-state index contributed by atoms with van der Waals surface area (Å²) in [6, 6.07) is 12.0. The predicted octanol–water partition coefficient (Wildman–Crippen LogP) is 2.68. The molecule has 0 saturated carbocycles. The molecule has 1 aromatic carbocycles. The zero-order valence-corrected chi connectivity index (χ0v) is 12.8. The van der Waals surface area contributed by atoms with Crippen molar-refractivity contribution in [2.24, 2.45) is 0 Å². The molecule has 1 amide bonds. The number of carbonyl (C=O) groups is 1. The number of nitrogens with zero attached hydrogens (tertiary/aromatic N) is 1. The van der Waals surface area contributed by atoms with E-state index in [9.17, 15) is 4.79 Å². The maximum absolute atomic E-state index is 11.9. The van der Waals surface area contributed by atoms with Crippen LogP contribution in [0.5, 0.6) is 0 Å². The van der Waals surface area contributed by atoms with Gasteiger partial charge in [-0.05, 0) is 17.5 Å². The lowest BCUT2D eigenvalue weighted by molar-refractivity contribution is -0.118. The van der Waals surface area contributed by atoms with Gasteiger partial charge in [-0.15, -0.1) is 11.8 Å². The average Bonchev–Trinajstić information content (AvgIpc) is 2.52. The van der Waals surface area contributed by atoms with Crippen molar-refractivity contribution in [2.75, 3.05) is 18.0 Å². The smallest absolute Gasteiger partial charge is 0.230 e. The van der Waals surface area contributed by atoms with Gasteiger partial charge in [-0.1, -0.05) is 37.3 Å². The summed E-state index contributed by atoms with van der Waals surface area (Å²) in [5.41, 5.74) is 7.62. The molecule has 5 heteroatoms. The fraction of sp³-hybridized carbons (Fsp3) is 0.250. The summed E-state index contributed by atoms with van der Waals surface area (Å²) >= 11 is 1.43. The van der Waals surface area contributed by atoms with Gasteiger partial charge in [0.15, 0.2) is 0 Å². The minimum Gasteiger partial charge on any atom is -0.397 e. The van der Waals surface area contributed by atoms with Crippen LogP contribution in [-0.2, 0) is 4.79 Å². The van der Waals surface area contributed by atoms with Crippen LogP contribution in [0.15, 0.2) is 53.7 Å². The molecule has 4 nitrogen and oxygen atoms in total. The lowest BCUT2D eigenvalue weighted by Gasteiger charge is -2.13. The first-order valence-corrected chi connectivity index (χ1v) is 7.79. The van der Waals surface area contributed by atoms with E-state index in [-0.39, 0.29) is 5.91 Å². The van der Waals surface area contributed by atoms with E-state index in [0.717, 1.165) is 4.90 Å². The molecule has 1 atom stereocenters. The molecular formula is C16H19N3OS. The number of aromatic nitrogens is 1. The molecule has 1 aromatic heterocycles. The van der Waals surface area contributed by atoms with Crippen molar-refractivity contribution in [3.05, 3.63) is 54.4 Å². The van der Waals surface area contributed by atoms with Gasteiger partial charge in [-0.3, -0.25) is 9.78 Å². The predicted molar refractivity (Wildman–Crippen MR) is 87.2 cm³/mol. The number of pyridine rings is 1. The SMILES string of the molecule is CC(CNC(=O)CSc1ccncc1N)c1ccccc1. The number of carbonyl (C=O) groups excluding carboxylic acids is 1. The average molecular weight is 301 g/mol. The molecule has 0 aliphatic carbocycles. The topological polar surface area (TPSA) is 68.0 Å². The van der Waals surface area contributed by atoms with Gasteiger partial charge in [0.2, 0.25) is 5.91 Å². The Balaban J connectivity index is 1.76. The second-order valence-electron chi connectivity index (χ2n) is 4.82. The van der Waals surface area contributed by atoms with Gasteiger partial charge in [0.1, 0.15) is 0 Å². The number of thioether (sulfide) groups is 1. The Kier molecular flexibility index (Phi) is 5.63. The summed E-state index contributed by atoms with van der Waals surface area (Å²) < 4.78 is 0. The molecule has 0 bridgehead atoms. The molecule has 2 rings (SSSR count). The van der Waals surface area contributed by atoms with Crippen LogP contribution < -0.4 is 11.1 Å². The molecule has 3 N–H and O–H groups in total. The minimum absolute atomic E-state index is 0.0130. The normalized spacial score (nSPS) is 11.9.